The predicted molar refractivity (Wildman–Crippen MR) is 98.8 cm³/mol. The standard InChI is InChI=1S/C19H16N2O4S/c22-17(20-12-15-9-5-11-25-15)13-21-18(23)16(26-19(21)24)10-4-8-14-6-2-1-3-7-14/h1-11H,12-13H2,(H,20,22)/b8-4+,16-10-. The van der Waals surface area contributed by atoms with E-state index in [0.29, 0.717) is 10.7 Å². The molecule has 0 atom stereocenters. The van der Waals surface area contributed by atoms with Crippen molar-refractivity contribution in [2.75, 3.05) is 6.54 Å². The third kappa shape index (κ3) is 4.52. The second-order valence-corrected chi connectivity index (χ2v) is 6.41. The summed E-state index contributed by atoms with van der Waals surface area (Å²) in [6.45, 7) is -0.108. The Morgan fingerprint density at radius 1 is 1.15 bits per heavy atom. The monoisotopic (exact) mass is 368 g/mol. The van der Waals surface area contributed by atoms with Crippen LogP contribution in [0.1, 0.15) is 11.3 Å². The van der Waals surface area contributed by atoms with Crippen LogP contribution in [0, 0.1) is 0 Å². The van der Waals surface area contributed by atoms with Crippen molar-refractivity contribution in [2.24, 2.45) is 0 Å². The van der Waals surface area contributed by atoms with Crippen LogP contribution in [0.2, 0.25) is 0 Å². The number of hydrogen-bond donors (Lipinski definition) is 1. The Balaban J connectivity index is 1.57. The van der Waals surface area contributed by atoms with Crippen molar-refractivity contribution < 1.29 is 18.8 Å². The molecule has 2 heterocycles. The SMILES string of the molecule is O=C(CN1C(=O)S/C(=C\C=C\c2ccccc2)C1=O)NCc1ccco1. The number of rotatable bonds is 6. The van der Waals surface area contributed by atoms with Gasteiger partial charge in [-0.1, -0.05) is 42.5 Å². The van der Waals surface area contributed by atoms with Crippen molar-refractivity contribution in [1.82, 2.24) is 10.2 Å². The van der Waals surface area contributed by atoms with Gasteiger partial charge in [-0.2, -0.15) is 0 Å². The van der Waals surface area contributed by atoms with E-state index in [-0.39, 0.29) is 13.1 Å². The van der Waals surface area contributed by atoms with E-state index in [0.717, 1.165) is 22.2 Å². The number of allylic oxidation sites excluding steroid dienone is 2. The Kier molecular flexibility index (Phi) is 5.70. The highest BCUT2D eigenvalue weighted by Gasteiger charge is 2.35. The highest BCUT2D eigenvalue weighted by molar-refractivity contribution is 8.18. The van der Waals surface area contributed by atoms with Gasteiger partial charge in [-0.25, -0.2) is 0 Å². The maximum atomic E-state index is 12.3. The molecule has 1 saturated heterocycles. The number of imide groups is 1. The molecule has 7 heteroatoms. The van der Waals surface area contributed by atoms with Gasteiger partial charge < -0.3 is 9.73 Å². The van der Waals surface area contributed by atoms with Gasteiger partial charge in [0.15, 0.2) is 0 Å². The van der Waals surface area contributed by atoms with Gasteiger partial charge >= 0.3 is 0 Å². The summed E-state index contributed by atoms with van der Waals surface area (Å²) < 4.78 is 5.11. The van der Waals surface area contributed by atoms with Crippen LogP contribution in [0.4, 0.5) is 4.79 Å². The molecule has 1 aromatic heterocycles. The first kappa shape index (κ1) is 17.8. The summed E-state index contributed by atoms with van der Waals surface area (Å²) in [6.07, 6.45) is 6.64. The fourth-order valence-corrected chi connectivity index (χ4v) is 3.05. The number of nitrogens with one attached hydrogen (secondary N) is 1. The van der Waals surface area contributed by atoms with Crippen molar-refractivity contribution >= 4 is 34.9 Å². The summed E-state index contributed by atoms with van der Waals surface area (Å²) in [4.78, 5) is 37.5. The molecule has 0 spiro atoms. The Morgan fingerprint density at radius 2 is 1.96 bits per heavy atom. The lowest BCUT2D eigenvalue weighted by molar-refractivity contribution is -0.129. The van der Waals surface area contributed by atoms with E-state index < -0.39 is 17.1 Å². The summed E-state index contributed by atoms with van der Waals surface area (Å²) in [5.74, 6) is -0.297. The molecule has 0 saturated carbocycles. The van der Waals surface area contributed by atoms with Crippen molar-refractivity contribution in [3.8, 4) is 0 Å². The first-order valence-electron chi connectivity index (χ1n) is 7.89. The average Bonchev–Trinajstić information content (AvgIpc) is 3.25. The number of nitrogens with zero attached hydrogens (tertiary/aromatic N) is 1. The van der Waals surface area contributed by atoms with E-state index >= 15 is 0 Å². The van der Waals surface area contributed by atoms with Crippen LogP contribution in [-0.4, -0.2) is 28.5 Å². The van der Waals surface area contributed by atoms with Gasteiger partial charge in [0, 0.05) is 0 Å². The summed E-state index contributed by atoms with van der Waals surface area (Å²) in [6, 6.07) is 13.0. The Morgan fingerprint density at radius 3 is 2.69 bits per heavy atom. The highest BCUT2D eigenvalue weighted by Crippen LogP contribution is 2.30. The molecule has 6 nitrogen and oxygen atoms in total. The highest BCUT2D eigenvalue weighted by atomic mass is 32.2. The molecular weight excluding hydrogens is 352 g/mol. The molecule has 132 valence electrons. The number of hydrogen-bond acceptors (Lipinski definition) is 5. The Hall–Kier alpha value is -3.06. The molecule has 0 aliphatic carbocycles. The van der Waals surface area contributed by atoms with E-state index in [9.17, 15) is 14.4 Å². The second-order valence-electron chi connectivity index (χ2n) is 5.42. The lowest BCUT2D eigenvalue weighted by Gasteiger charge is -2.11. The van der Waals surface area contributed by atoms with E-state index in [1.165, 1.54) is 6.26 Å². The molecule has 3 amide bonds. The van der Waals surface area contributed by atoms with Gasteiger partial charge in [-0.3, -0.25) is 19.3 Å². The van der Waals surface area contributed by atoms with Crippen molar-refractivity contribution in [3.63, 3.8) is 0 Å². The molecule has 1 aliphatic rings. The fraction of sp³-hybridized carbons (Fsp3) is 0.105. The van der Waals surface area contributed by atoms with Crippen molar-refractivity contribution in [1.29, 1.82) is 0 Å². The minimum atomic E-state index is -0.467. The zero-order chi connectivity index (χ0) is 18.4. The van der Waals surface area contributed by atoms with Crippen LogP contribution < -0.4 is 5.32 Å². The largest absolute Gasteiger partial charge is 0.467 e. The average molecular weight is 368 g/mol. The van der Waals surface area contributed by atoms with Gasteiger partial charge in [-0.05, 0) is 35.5 Å². The van der Waals surface area contributed by atoms with E-state index in [1.807, 2.05) is 36.4 Å². The summed E-state index contributed by atoms with van der Waals surface area (Å²) in [5, 5.41) is 2.16. The van der Waals surface area contributed by atoms with Crippen LogP contribution in [0.3, 0.4) is 0 Å². The lowest BCUT2D eigenvalue weighted by Crippen LogP contribution is -2.39. The number of furan rings is 1. The maximum Gasteiger partial charge on any atom is 0.294 e. The van der Waals surface area contributed by atoms with Crippen molar-refractivity contribution in [3.05, 3.63) is 77.1 Å². The predicted octanol–water partition coefficient (Wildman–Crippen LogP) is 3.19. The zero-order valence-corrected chi connectivity index (χ0v) is 14.6. The topological polar surface area (TPSA) is 79.6 Å². The first-order valence-corrected chi connectivity index (χ1v) is 8.71. The summed E-state index contributed by atoms with van der Waals surface area (Å²) in [7, 11) is 0. The van der Waals surface area contributed by atoms with Gasteiger partial charge in [0.1, 0.15) is 12.3 Å². The van der Waals surface area contributed by atoms with Gasteiger partial charge in [0.05, 0.1) is 17.7 Å². The molecule has 1 fully saturated rings. The van der Waals surface area contributed by atoms with Gasteiger partial charge in [0.2, 0.25) is 5.91 Å². The van der Waals surface area contributed by atoms with Crippen LogP contribution in [-0.2, 0) is 16.1 Å². The van der Waals surface area contributed by atoms with Gasteiger partial charge in [0.25, 0.3) is 11.1 Å². The normalized spacial score (nSPS) is 16.0. The number of carbonyl (C=O) groups excluding carboxylic acids is 3. The number of thioether (sulfide) groups is 1. The number of amides is 3. The van der Waals surface area contributed by atoms with Crippen LogP contribution in [0.15, 0.2) is 70.2 Å². The van der Waals surface area contributed by atoms with E-state index in [1.54, 1.807) is 24.3 Å². The molecular formula is C19H16N2O4S. The maximum absolute atomic E-state index is 12.3. The van der Waals surface area contributed by atoms with Crippen LogP contribution in [0.25, 0.3) is 6.08 Å². The molecule has 0 unspecified atom stereocenters. The molecule has 26 heavy (non-hydrogen) atoms. The lowest BCUT2D eigenvalue weighted by atomic mass is 10.2. The van der Waals surface area contributed by atoms with Gasteiger partial charge in [-0.15, -0.1) is 0 Å². The third-order valence-electron chi connectivity index (χ3n) is 3.55. The molecule has 0 bridgehead atoms. The minimum absolute atomic E-state index is 0.206. The zero-order valence-electron chi connectivity index (χ0n) is 13.8. The summed E-state index contributed by atoms with van der Waals surface area (Å²) >= 11 is 0.824. The third-order valence-corrected chi connectivity index (χ3v) is 4.48. The Labute approximate surface area is 154 Å². The Bertz CT molecular complexity index is 857. The quantitative estimate of drug-likeness (QED) is 0.792. The summed E-state index contributed by atoms with van der Waals surface area (Å²) in [5.41, 5.74) is 0.986. The minimum Gasteiger partial charge on any atom is -0.467 e. The van der Waals surface area contributed by atoms with Crippen molar-refractivity contribution in [2.45, 2.75) is 6.54 Å². The number of carbonyl (C=O) groups is 3. The molecule has 1 aliphatic heterocycles. The molecule has 0 radical (unpaired) electrons. The number of benzene rings is 1. The van der Waals surface area contributed by atoms with Crippen LogP contribution in [0.5, 0.6) is 0 Å². The van der Waals surface area contributed by atoms with E-state index in [2.05, 4.69) is 5.32 Å². The first-order chi connectivity index (χ1) is 12.6. The fourth-order valence-electron chi connectivity index (χ4n) is 2.26. The molecule has 1 aromatic carbocycles. The molecule has 2 aromatic rings. The molecule has 1 N–H and O–H groups in total. The second kappa shape index (κ2) is 8.35. The smallest absolute Gasteiger partial charge is 0.294 e. The molecule has 3 rings (SSSR count). The van der Waals surface area contributed by atoms with E-state index in [4.69, 9.17) is 4.42 Å². The van der Waals surface area contributed by atoms with Crippen LogP contribution >= 0.6 is 11.8 Å².